The average Bonchev–Trinajstić information content (AvgIpc) is 3.24. The van der Waals surface area contributed by atoms with E-state index in [1.165, 1.54) is 18.5 Å². The van der Waals surface area contributed by atoms with Gasteiger partial charge in [-0.3, -0.25) is 4.90 Å². The van der Waals surface area contributed by atoms with Crippen LogP contribution in [0.15, 0.2) is 55.0 Å². The average molecular weight is 406 g/mol. The van der Waals surface area contributed by atoms with Gasteiger partial charge in [0.05, 0.1) is 6.04 Å². The first-order chi connectivity index (χ1) is 14.7. The van der Waals surface area contributed by atoms with Gasteiger partial charge in [0.2, 0.25) is 5.95 Å². The first-order valence-corrected chi connectivity index (χ1v) is 10.9. The molecule has 1 atom stereocenters. The molecule has 4 heterocycles. The molecule has 0 N–H and O–H groups in total. The van der Waals surface area contributed by atoms with Gasteiger partial charge in [-0.05, 0) is 48.6 Å². The van der Waals surface area contributed by atoms with Crippen molar-refractivity contribution >= 4 is 5.95 Å². The molecule has 1 fully saturated rings. The second-order valence-electron chi connectivity index (χ2n) is 8.61. The Bertz CT molecular complexity index is 974. The van der Waals surface area contributed by atoms with Crippen LogP contribution in [0.5, 0.6) is 0 Å². The van der Waals surface area contributed by atoms with Crippen molar-refractivity contribution in [2.24, 2.45) is 5.92 Å². The fraction of sp³-hybridized carbons (Fsp3) is 0.417. The van der Waals surface area contributed by atoms with Gasteiger partial charge in [0.25, 0.3) is 0 Å². The lowest BCUT2D eigenvalue weighted by Gasteiger charge is -2.37. The fourth-order valence-corrected chi connectivity index (χ4v) is 4.66. The highest BCUT2D eigenvalue weighted by Crippen LogP contribution is 2.33. The molecule has 3 aromatic rings. The van der Waals surface area contributed by atoms with Crippen molar-refractivity contribution in [3.05, 3.63) is 77.6 Å². The van der Waals surface area contributed by atoms with E-state index in [0.29, 0.717) is 0 Å². The highest BCUT2D eigenvalue weighted by atomic mass is 19.1. The summed E-state index contributed by atoms with van der Waals surface area (Å²) in [6.07, 6.45) is 8.47. The third-order valence-corrected chi connectivity index (χ3v) is 6.47. The third kappa shape index (κ3) is 3.84. The van der Waals surface area contributed by atoms with Gasteiger partial charge in [0, 0.05) is 62.6 Å². The Labute approximate surface area is 177 Å². The van der Waals surface area contributed by atoms with Crippen molar-refractivity contribution in [3.8, 4) is 0 Å². The molecule has 0 radical (unpaired) electrons. The maximum atomic E-state index is 13.5. The Morgan fingerprint density at radius 2 is 1.70 bits per heavy atom. The van der Waals surface area contributed by atoms with Gasteiger partial charge >= 0.3 is 0 Å². The number of rotatable bonds is 4. The summed E-state index contributed by atoms with van der Waals surface area (Å²) in [4.78, 5) is 14.1. The summed E-state index contributed by atoms with van der Waals surface area (Å²) in [5.41, 5.74) is 3.46. The molecule has 2 aromatic heterocycles. The number of hydrogen-bond donors (Lipinski definition) is 0. The standard InChI is InChI=1S/C24H28FN5/c1-18-8-11-29(12-9-18)24-26-15-19(16-27-24)17-30-14-13-28-10-2-3-22(28)23(30)20-4-6-21(25)7-5-20/h2-7,10,15-16,18,23H,8-9,11-14,17H2,1H3. The Morgan fingerprint density at radius 1 is 0.967 bits per heavy atom. The van der Waals surface area contributed by atoms with E-state index in [1.807, 2.05) is 24.5 Å². The molecule has 156 valence electrons. The van der Waals surface area contributed by atoms with E-state index in [4.69, 9.17) is 0 Å². The van der Waals surface area contributed by atoms with Crippen LogP contribution in [0.1, 0.15) is 42.6 Å². The molecule has 0 amide bonds. The number of nitrogens with zero attached hydrogens (tertiary/aromatic N) is 5. The molecule has 5 nitrogen and oxygen atoms in total. The monoisotopic (exact) mass is 405 g/mol. The first-order valence-electron chi connectivity index (χ1n) is 10.9. The van der Waals surface area contributed by atoms with E-state index in [0.717, 1.165) is 55.7 Å². The van der Waals surface area contributed by atoms with E-state index < -0.39 is 0 Å². The number of fused-ring (bicyclic) bond motifs is 1. The van der Waals surface area contributed by atoms with Crippen LogP contribution in [0.25, 0.3) is 0 Å². The summed E-state index contributed by atoms with van der Waals surface area (Å²) < 4.78 is 15.8. The minimum atomic E-state index is -0.201. The van der Waals surface area contributed by atoms with Crippen LogP contribution in [0.2, 0.25) is 0 Å². The fourth-order valence-electron chi connectivity index (χ4n) is 4.66. The molecule has 2 aliphatic heterocycles. The minimum Gasteiger partial charge on any atom is -0.348 e. The zero-order valence-corrected chi connectivity index (χ0v) is 17.4. The molecule has 30 heavy (non-hydrogen) atoms. The van der Waals surface area contributed by atoms with Crippen molar-refractivity contribution in [2.75, 3.05) is 24.5 Å². The Hall–Kier alpha value is -2.73. The molecular formula is C24H28FN5. The zero-order valence-electron chi connectivity index (χ0n) is 17.4. The summed E-state index contributed by atoms with van der Waals surface area (Å²) in [5, 5.41) is 0. The second kappa shape index (κ2) is 8.19. The summed E-state index contributed by atoms with van der Waals surface area (Å²) in [7, 11) is 0. The van der Waals surface area contributed by atoms with Gasteiger partial charge in [-0.15, -0.1) is 0 Å². The molecule has 5 rings (SSSR count). The molecule has 2 aliphatic rings. The number of benzene rings is 1. The van der Waals surface area contributed by atoms with E-state index in [1.54, 1.807) is 12.1 Å². The topological polar surface area (TPSA) is 37.2 Å². The van der Waals surface area contributed by atoms with Crippen LogP contribution in [0, 0.1) is 11.7 Å². The van der Waals surface area contributed by atoms with Crippen molar-refractivity contribution in [1.29, 1.82) is 0 Å². The maximum absolute atomic E-state index is 13.5. The van der Waals surface area contributed by atoms with Crippen molar-refractivity contribution in [2.45, 2.75) is 38.9 Å². The Balaban J connectivity index is 1.36. The van der Waals surface area contributed by atoms with Crippen LogP contribution >= 0.6 is 0 Å². The highest BCUT2D eigenvalue weighted by molar-refractivity contribution is 5.32. The first kappa shape index (κ1) is 19.2. The molecule has 0 bridgehead atoms. The Kier molecular flexibility index (Phi) is 5.25. The lowest BCUT2D eigenvalue weighted by molar-refractivity contribution is 0.174. The van der Waals surface area contributed by atoms with E-state index in [9.17, 15) is 4.39 Å². The summed E-state index contributed by atoms with van der Waals surface area (Å²) in [6, 6.07) is 11.2. The zero-order chi connectivity index (χ0) is 20.5. The normalized spacial score (nSPS) is 20.3. The molecule has 1 saturated heterocycles. The number of hydrogen-bond acceptors (Lipinski definition) is 4. The Morgan fingerprint density at radius 3 is 2.43 bits per heavy atom. The maximum Gasteiger partial charge on any atom is 0.225 e. The number of aromatic nitrogens is 3. The lowest BCUT2D eigenvalue weighted by Crippen LogP contribution is -2.38. The van der Waals surface area contributed by atoms with Gasteiger partial charge in [-0.25, -0.2) is 14.4 Å². The lowest BCUT2D eigenvalue weighted by atomic mass is 9.99. The summed E-state index contributed by atoms with van der Waals surface area (Å²) in [6.45, 7) is 7.03. The molecule has 0 saturated carbocycles. The van der Waals surface area contributed by atoms with Gasteiger partial charge in [0.1, 0.15) is 5.82 Å². The van der Waals surface area contributed by atoms with Gasteiger partial charge in [-0.1, -0.05) is 19.1 Å². The van der Waals surface area contributed by atoms with Gasteiger partial charge in [-0.2, -0.15) is 0 Å². The number of halogens is 1. The SMILES string of the molecule is CC1CCN(c2ncc(CN3CCn4cccc4C3c3ccc(F)cc3)cn2)CC1. The van der Waals surface area contributed by atoms with Crippen molar-refractivity contribution in [3.63, 3.8) is 0 Å². The third-order valence-electron chi connectivity index (χ3n) is 6.47. The van der Waals surface area contributed by atoms with Crippen molar-refractivity contribution in [1.82, 2.24) is 19.4 Å². The smallest absolute Gasteiger partial charge is 0.225 e. The van der Waals surface area contributed by atoms with Crippen molar-refractivity contribution < 1.29 is 4.39 Å². The number of piperidine rings is 1. The van der Waals surface area contributed by atoms with E-state index in [2.05, 4.69) is 49.6 Å². The molecule has 1 aromatic carbocycles. The molecule has 1 unspecified atom stereocenters. The van der Waals surface area contributed by atoms with E-state index in [-0.39, 0.29) is 11.9 Å². The highest BCUT2D eigenvalue weighted by Gasteiger charge is 2.29. The number of anilines is 1. The van der Waals surface area contributed by atoms with Gasteiger partial charge < -0.3 is 9.47 Å². The molecule has 6 heteroatoms. The largest absolute Gasteiger partial charge is 0.348 e. The van der Waals surface area contributed by atoms with Gasteiger partial charge in [0.15, 0.2) is 0 Å². The minimum absolute atomic E-state index is 0.0950. The predicted molar refractivity (Wildman–Crippen MR) is 116 cm³/mol. The second-order valence-corrected chi connectivity index (χ2v) is 8.61. The summed E-state index contributed by atoms with van der Waals surface area (Å²) in [5.74, 6) is 1.43. The quantitative estimate of drug-likeness (QED) is 0.650. The molecule has 0 spiro atoms. The molecule has 0 aliphatic carbocycles. The van der Waals surface area contributed by atoms with Crippen LogP contribution in [0.4, 0.5) is 10.3 Å². The summed E-state index contributed by atoms with van der Waals surface area (Å²) >= 11 is 0. The van der Waals surface area contributed by atoms with Crippen LogP contribution < -0.4 is 4.90 Å². The van der Waals surface area contributed by atoms with Crippen LogP contribution in [-0.2, 0) is 13.1 Å². The van der Waals surface area contributed by atoms with Crippen LogP contribution in [0.3, 0.4) is 0 Å². The predicted octanol–water partition coefficient (Wildman–Crippen LogP) is 4.26. The van der Waals surface area contributed by atoms with Crippen LogP contribution in [-0.4, -0.2) is 39.1 Å². The van der Waals surface area contributed by atoms with E-state index >= 15 is 0 Å². The molecular weight excluding hydrogens is 377 g/mol.